The van der Waals surface area contributed by atoms with Crippen LogP contribution in [0.2, 0.25) is 0 Å². The number of para-hydroxylation sites is 3. The highest BCUT2D eigenvalue weighted by molar-refractivity contribution is 6.82. The van der Waals surface area contributed by atoms with Gasteiger partial charge in [-0.2, -0.15) is 0 Å². The van der Waals surface area contributed by atoms with Gasteiger partial charge >= 0.3 is 6.85 Å². The summed E-state index contributed by atoms with van der Waals surface area (Å²) >= 11 is 0. The molecule has 3 aliphatic rings. The van der Waals surface area contributed by atoms with E-state index in [0.29, 0.717) is 6.67 Å². The van der Waals surface area contributed by atoms with Crippen LogP contribution in [0.1, 0.15) is 90.1 Å². The minimum Gasteiger partial charge on any atom is -0.457 e. The highest BCUT2D eigenvalue weighted by atomic mass is 16.5. The van der Waals surface area contributed by atoms with Gasteiger partial charge in [0.15, 0.2) is 0 Å². The highest BCUT2D eigenvalue weighted by Crippen LogP contribution is 2.50. The fourth-order valence-electron chi connectivity index (χ4n) is 10.2. The van der Waals surface area contributed by atoms with Crippen LogP contribution in [0, 0.1) is 0 Å². The van der Waals surface area contributed by atoms with Crippen LogP contribution < -0.4 is 14.5 Å². The van der Waals surface area contributed by atoms with E-state index in [1.54, 1.807) is 0 Å². The summed E-state index contributed by atoms with van der Waals surface area (Å²) in [7, 11) is 0. The lowest BCUT2D eigenvalue weighted by Crippen LogP contribution is -2.40. The Morgan fingerprint density at radius 2 is 1.20 bits per heavy atom. The van der Waals surface area contributed by atoms with Crippen molar-refractivity contribution in [2.24, 2.45) is 0 Å². The Hall–Kier alpha value is -7.51. The highest BCUT2D eigenvalue weighted by Gasteiger charge is 2.40. The molecule has 6 nitrogen and oxygen atoms in total. The predicted octanol–water partition coefficient (Wildman–Crippen LogP) is 15.7. The third-order valence-electron chi connectivity index (χ3n) is 14.0. The Kier molecular flexibility index (Phi) is 10.6. The molecule has 69 heavy (non-hydrogen) atoms. The molecule has 0 unspecified atom stereocenters. The molecule has 5 heterocycles. The SMILES string of the molecule is CC(C)(C)c1cc(C2=CN3C=CC=CB3C(c3ccccc3)=C2N2CN(c3cccc(Oc4ccc5c6ccccc6n(-c6cc(C(C)(C)C)ccn6)c5c4)c3)c3ccccc32)cc(C(C)(C)C)c1. The summed E-state index contributed by atoms with van der Waals surface area (Å²) in [6.07, 6.45) is 10.9. The first kappa shape index (κ1) is 44.0. The van der Waals surface area contributed by atoms with Gasteiger partial charge < -0.3 is 19.3 Å². The van der Waals surface area contributed by atoms with Crippen molar-refractivity contribution in [3.8, 4) is 17.3 Å². The van der Waals surface area contributed by atoms with Gasteiger partial charge in [-0.15, -0.1) is 0 Å². The predicted molar refractivity (Wildman–Crippen MR) is 291 cm³/mol. The van der Waals surface area contributed by atoms with Crippen molar-refractivity contribution >= 4 is 56.8 Å². The van der Waals surface area contributed by atoms with Crippen molar-refractivity contribution in [2.75, 3.05) is 16.5 Å². The summed E-state index contributed by atoms with van der Waals surface area (Å²) < 4.78 is 9.13. The number of ether oxygens (including phenoxy) is 1. The fourth-order valence-corrected chi connectivity index (χ4v) is 10.2. The molecule has 0 saturated carbocycles. The number of aromatic nitrogens is 2. The first-order valence-corrected chi connectivity index (χ1v) is 24.3. The molecule has 0 spiro atoms. The van der Waals surface area contributed by atoms with E-state index < -0.39 is 0 Å². The van der Waals surface area contributed by atoms with Crippen molar-refractivity contribution in [1.29, 1.82) is 0 Å². The van der Waals surface area contributed by atoms with Gasteiger partial charge in [-0.1, -0.05) is 159 Å². The van der Waals surface area contributed by atoms with Crippen molar-refractivity contribution in [3.63, 3.8) is 0 Å². The molecule has 7 heteroatoms. The van der Waals surface area contributed by atoms with E-state index in [0.717, 1.165) is 50.8 Å². The van der Waals surface area contributed by atoms with Gasteiger partial charge in [-0.3, -0.25) is 4.57 Å². The van der Waals surface area contributed by atoms with Crippen LogP contribution in [0.25, 0.3) is 38.7 Å². The van der Waals surface area contributed by atoms with E-state index in [1.165, 1.54) is 49.9 Å². The van der Waals surface area contributed by atoms with Crippen LogP contribution in [0.4, 0.5) is 17.1 Å². The summed E-state index contributed by atoms with van der Waals surface area (Å²) in [4.78, 5) is 12.3. The summed E-state index contributed by atoms with van der Waals surface area (Å²) in [6.45, 7) is 21.3. The largest absolute Gasteiger partial charge is 0.457 e. The maximum atomic E-state index is 6.86. The lowest BCUT2D eigenvalue weighted by molar-refractivity contribution is 0.483. The summed E-state index contributed by atoms with van der Waals surface area (Å²) in [5.74, 6) is 4.76. The number of rotatable bonds is 7. The van der Waals surface area contributed by atoms with Crippen LogP contribution in [-0.4, -0.2) is 27.9 Å². The average molecular weight is 902 g/mol. The van der Waals surface area contributed by atoms with Crippen LogP contribution in [0.15, 0.2) is 194 Å². The van der Waals surface area contributed by atoms with E-state index in [9.17, 15) is 0 Å². The minimum atomic E-state index is -0.0444. The van der Waals surface area contributed by atoms with E-state index in [1.807, 2.05) is 6.20 Å². The van der Waals surface area contributed by atoms with Crippen molar-refractivity contribution in [2.45, 2.75) is 78.6 Å². The Labute approximate surface area is 408 Å². The number of benzene rings is 6. The summed E-state index contributed by atoms with van der Waals surface area (Å²) in [5, 5.41) is 2.34. The zero-order valence-corrected chi connectivity index (χ0v) is 41.3. The Bertz CT molecular complexity index is 3400. The lowest BCUT2D eigenvalue weighted by atomic mass is 9.48. The maximum Gasteiger partial charge on any atom is 0.322 e. The molecule has 11 rings (SSSR count). The van der Waals surface area contributed by atoms with Gasteiger partial charge in [0, 0.05) is 52.3 Å². The Morgan fingerprint density at radius 1 is 0.536 bits per heavy atom. The minimum absolute atomic E-state index is 0.0104. The molecule has 0 radical (unpaired) electrons. The third kappa shape index (κ3) is 8.04. The fraction of sp³-hybridized carbons (Fsp3) is 0.210. The molecular formula is C62H60BN5O. The van der Waals surface area contributed by atoms with E-state index in [4.69, 9.17) is 9.72 Å². The molecule has 0 atom stereocenters. The molecule has 0 bridgehead atoms. The summed E-state index contributed by atoms with van der Waals surface area (Å²) in [6, 6.07) is 55.0. The molecule has 6 aromatic carbocycles. The normalized spacial score (nSPS) is 15.1. The van der Waals surface area contributed by atoms with Gasteiger partial charge in [0.1, 0.15) is 24.0 Å². The van der Waals surface area contributed by atoms with Crippen molar-refractivity contribution in [3.05, 3.63) is 222 Å². The quantitative estimate of drug-likeness (QED) is 0.149. The molecule has 0 amide bonds. The second-order valence-corrected chi connectivity index (χ2v) is 21.9. The third-order valence-corrected chi connectivity index (χ3v) is 14.0. The van der Waals surface area contributed by atoms with E-state index >= 15 is 0 Å². The molecular weight excluding hydrogens is 842 g/mol. The number of hydrogen-bond donors (Lipinski definition) is 0. The number of pyridine rings is 1. The van der Waals surface area contributed by atoms with Crippen LogP contribution in [0.5, 0.6) is 11.5 Å². The van der Waals surface area contributed by atoms with Crippen molar-refractivity contribution < 1.29 is 4.74 Å². The summed E-state index contributed by atoms with van der Waals surface area (Å²) in [5.41, 5.74) is 15.4. The molecule has 0 N–H and O–H groups in total. The van der Waals surface area contributed by atoms with Gasteiger partial charge in [0.25, 0.3) is 0 Å². The standard InChI is InChI=1S/C62H60BN5O/c1-60(2,3)44-30-32-64-57(37-44)68-53-25-14-13-24-50(53)51-29-28-49(39-56(51)68)69-48-23-19-22-47(38-48)66-41-67(55-27-16-15-26-54(55)66)59-52(43-34-45(61(4,5)6)36-46(35-43)62(7,8)9)40-65-33-18-17-31-63(65)58(59)42-20-11-10-12-21-42/h10-40H,41H2,1-9H3. The van der Waals surface area contributed by atoms with Crippen LogP contribution in [-0.2, 0) is 16.2 Å². The number of fused-ring (bicyclic) bond motifs is 5. The number of hydrogen-bond acceptors (Lipinski definition) is 5. The Balaban J connectivity index is 1.01. The lowest BCUT2D eigenvalue weighted by Gasteiger charge is -2.39. The smallest absolute Gasteiger partial charge is 0.322 e. The second-order valence-electron chi connectivity index (χ2n) is 21.9. The molecule has 2 aromatic heterocycles. The molecule has 8 aromatic rings. The second kappa shape index (κ2) is 16.6. The molecule has 0 fully saturated rings. The monoisotopic (exact) mass is 901 g/mol. The molecule has 3 aliphatic heterocycles. The zero-order chi connectivity index (χ0) is 47.8. The first-order valence-electron chi connectivity index (χ1n) is 24.3. The number of allylic oxidation sites excluding steroid dienone is 3. The van der Waals surface area contributed by atoms with Gasteiger partial charge in [0.2, 0.25) is 0 Å². The van der Waals surface area contributed by atoms with Gasteiger partial charge in [-0.25, -0.2) is 4.98 Å². The molecule has 0 aliphatic carbocycles. The topological polar surface area (TPSA) is 36.8 Å². The average Bonchev–Trinajstić information content (AvgIpc) is 3.89. The molecule has 342 valence electrons. The van der Waals surface area contributed by atoms with E-state index in [-0.39, 0.29) is 23.1 Å². The number of anilines is 3. The molecule has 0 saturated heterocycles. The Morgan fingerprint density at radius 3 is 1.94 bits per heavy atom. The van der Waals surface area contributed by atoms with Gasteiger partial charge in [0.05, 0.1) is 22.4 Å². The van der Waals surface area contributed by atoms with E-state index in [2.05, 4.69) is 264 Å². The van der Waals surface area contributed by atoms with Gasteiger partial charge in [-0.05, 0) is 116 Å². The van der Waals surface area contributed by atoms with Crippen molar-refractivity contribution in [1.82, 2.24) is 14.4 Å². The zero-order valence-electron chi connectivity index (χ0n) is 41.3. The van der Waals surface area contributed by atoms with Crippen LogP contribution >= 0.6 is 0 Å². The van der Waals surface area contributed by atoms with Crippen LogP contribution in [0.3, 0.4) is 0 Å². The number of nitrogens with zero attached hydrogens (tertiary/aromatic N) is 5. The maximum absolute atomic E-state index is 6.86. The first-order chi connectivity index (χ1) is 33.1.